The van der Waals surface area contributed by atoms with Gasteiger partial charge in [-0.1, -0.05) is 147 Å². The molecule has 1 aliphatic carbocycles. The Balaban J connectivity index is 1.09. The molecule has 8 aromatic carbocycles. The minimum absolute atomic E-state index is 0.0345. The first-order chi connectivity index (χ1) is 26.0. The van der Waals surface area contributed by atoms with Gasteiger partial charge >= 0.3 is 0 Å². The predicted molar refractivity (Wildman–Crippen MR) is 222 cm³/mol. The second-order valence-corrected chi connectivity index (χ2v) is 14.6. The molecule has 10 rings (SSSR count). The number of anilines is 3. The maximum atomic E-state index is 6.24. The van der Waals surface area contributed by atoms with Crippen LogP contribution in [0.15, 0.2) is 192 Å². The molecule has 0 amide bonds. The Morgan fingerprint density at radius 2 is 0.925 bits per heavy atom. The molecular weight excluding hydrogens is 643 g/mol. The predicted octanol–water partition coefficient (Wildman–Crippen LogP) is 14.4. The average Bonchev–Trinajstić information content (AvgIpc) is 3.70. The van der Waals surface area contributed by atoms with Crippen LogP contribution in [0.4, 0.5) is 17.1 Å². The maximum Gasteiger partial charge on any atom is 0.136 e. The van der Waals surface area contributed by atoms with Crippen molar-refractivity contribution in [2.75, 3.05) is 4.90 Å². The second kappa shape index (κ2) is 12.3. The van der Waals surface area contributed by atoms with Crippen LogP contribution in [0, 0.1) is 0 Å². The number of furan rings is 1. The molecule has 2 nitrogen and oxygen atoms in total. The zero-order valence-electron chi connectivity index (χ0n) is 29.8. The van der Waals surface area contributed by atoms with Gasteiger partial charge < -0.3 is 9.32 Å². The summed E-state index contributed by atoms with van der Waals surface area (Å²) in [4.78, 5) is 2.39. The molecule has 0 N–H and O–H groups in total. The van der Waals surface area contributed by atoms with Crippen LogP contribution in [0.5, 0.6) is 0 Å². The summed E-state index contributed by atoms with van der Waals surface area (Å²) in [5.74, 6) is 0. The van der Waals surface area contributed by atoms with Gasteiger partial charge in [0.2, 0.25) is 0 Å². The van der Waals surface area contributed by atoms with E-state index in [0.29, 0.717) is 0 Å². The molecule has 1 aromatic heterocycles. The van der Waals surface area contributed by atoms with Crippen LogP contribution >= 0.6 is 0 Å². The summed E-state index contributed by atoms with van der Waals surface area (Å²) < 4.78 is 6.24. The van der Waals surface area contributed by atoms with Gasteiger partial charge in [-0.15, -0.1) is 0 Å². The van der Waals surface area contributed by atoms with Crippen LogP contribution in [0.2, 0.25) is 0 Å². The summed E-state index contributed by atoms with van der Waals surface area (Å²) in [5.41, 5.74) is 17.6. The Kier molecular flexibility index (Phi) is 7.19. The van der Waals surface area contributed by atoms with E-state index in [1.54, 1.807) is 0 Å². The van der Waals surface area contributed by atoms with Crippen molar-refractivity contribution in [3.05, 3.63) is 199 Å². The van der Waals surface area contributed by atoms with Gasteiger partial charge in [-0.25, -0.2) is 0 Å². The van der Waals surface area contributed by atoms with Crippen LogP contribution in [-0.4, -0.2) is 0 Å². The van der Waals surface area contributed by atoms with Crippen molar-refractivity contribution in [3.63, 3.8) is 0 Å². The minimum atomic E-state index is -0.0345. The molecule has 0 bridgehead atoms. The van der Waals surface area contributed by atoms with Crippen molar-refractivity contribution in [2.45, 2.75) is 19.3 Å². The van der Waals surface area contributed by atoms with E-state index in [1.165, 1.54) is 44.5 Å². The average molecular weight is 680 g/mol. The molecule has 0 fully saturated rings. The fourth-order valence-electron chi connectivity index (χ4n) is 8.37. The van der Waals surface area contributed by atoms with E-state index in [9.17, 15) is 0 Å². The Morgan fingerprint density at radius 1 is 0.377 bits per heavy atom. The van der Waals surface area contributed by atoms with E-state index < -0.39 is 0 Å². The SMILES string of the molecule is CC1(C)c2ccccc2-c2cc(-c3ccccc3N(c3ccc(-c4ccccc4)cc3)c3ccc(-c4ccc5c(c4)oc4ccccc45)cc3)ccc21. The molecule has 0 saturated carbocycles. The van der Waals surface area contributed by atoms with Crippen molar-refractivity contribution < 1.29 is 4.42 Å². The minimum Gasteiger partial charge on any atom is -0.456 e. The van der Waals surface area contributed by atoms with Gasteiger partial charge in [-0.05, 0) is 105 Å². The summed E-state index contributed by atoms with van der Waals surface area (Å²) in [5, 5.41) is 2.29. The molecule has 252 valence electrons. The van der Waals surface area contributed by atoms with Gasteiger partial charge in [0.25, 0.3) is 0 Å². The summed E-state index contributed by atoms with van der Waals surface area (Å²) in [7, 11) is 0. The zero-order chi connectivity index (χ0) is 35.5. The Morgan fingerprint density at radius 3 is 1.70 bits per heavy atom. The lowest BCUT2D eigenvalue weighted by Gasteiger charge is -2.28. The van der Waals surface area contributed by atoms with Crippen molar-refractivity contribution in [2.24, 2.45) is 0 Å². The lowest BCUT2D eigenvalue weighted by atomic mass is 9.82. The Labute approximate surface area is 310 Å². The molecule has 0 radical (unpaired) electrons. The molecule has 0 unspecified atom stereocenters. The number of hydrogen-bond acceptors (Lipinski definition) is 2. The highest BCUT2D eigenvalue weighted by molar-refractivity contribution is 6.06. The Bertz CT molecular complexity index is 2790. The molecule has 1 heterocycles. The fraction of sp³-hybridized carbons (Fsp3) is 0.0588. The monoisotopic (exact) mass is 679 g/mol. The van der Waals surface area contributed by atoms with E-state index in [0.717, 1.165) is 50.1 Å². The highest BCUT2D eigenvalue weighted by Crippen LogP contribution is 2.50. The third-order valence-corrected chi connectivity index (χ3v) is 11.1. The first kappa shape index (κ1) is 31.1. The van der Waals surface area contributed by atoms with Gasteiger partial charge in [0.1, 0.15) is 11.2 Å². The summed E-state index contributed by atoms with van der Waals surface area (Å²) in [6.45, 7) is 4.68. The lowest BCUT2D eigenvalue weighted by Crippen LogP contribution is -2.14. The van der Waals surface area contributed by atoms with Gasteiger partial charge in [-0.3, -0.25) is 0 Å². The van der Waals surface area contributed by atoms with Crippen LogP contribution < -0.4 is 4.90 Å². The number of hydrogen-bond donors (Lipinski definition) is 0. The van der Waals surface area contributed by atoms with E-state index in [1.807, 2.05) is 12.1 Å². The fourth-order valence-corrected chi connectivity index (χ4v) is 8.37. The third-order valence-electron chi connectivity index (χ3n) is 11.1. The molecule has 1 aliphatic rings. The van der Waals surface area contributed by atoms with Crippen molar-refractivity contribution in [3.8, 4) is 44.5 Å². The number of nitrogens with zero attached hydrogens (tertiary/aromatic N) is 1. The first-order valence-electron chi connectivity index (χ1n) is 18.3. The first-order valence-corrected chi connectivity index (χ1v) is 18.3. The molecule has 0 atom stereocenters. The molecule has 9 aromatic rings. The van der Waals surface area contributed by atoms with Crippen LogP contribution in [-0.2, 0) is 5.41 Å². The van der Waals surface area contributed by atoms with Gasteiger partial charge in [0.15, 0.2) is 0 Å². The van der Waals surface area contributed by atoms with Gasteiger partial charge in [-0.2, -0.15) is 0 Å². The molecule has 0 spiro atoms. The van der Waals surface area contributed by atoms with E-state index in [-0.39, 0.29) is 5.41 Å². The van der Waals surface area contributed by atoms with Crippen molar-refractivity contribution >= 4 is 39.0 Å². The topological polar surface area (TPSA) is 16.4 Å². The number of fused-ring (bicyclic) bond motifs is 6. The van der Waals surface area contributed by atoms with Crippen LogP contribution in [0.3, 0.4) is 0 Å². The number of benzene rings is 8. The third kappa shape index (κ3) is 5.18. The standard InChI is InChI=1S/C51H37NO/c1-51(2)46-17-9-6-15-42(46)45-32-38(25-31-47(45)51)41-14-7-10-18-48(41)52(39-26-20-35(21-27-39)34-12-4-3-5-13-34)40-28-22-36(23-29-40)37-24-30-44-43-16-8-11-19-49(43)53-50(44)33-37/h3-33H,1-2H3. The summed E-state index contributed by atoms with van der Waals surface area (Å²) >= 11 is 0. The lowest BCUT2D eigenvalue weighted by molar-refractivity contribution is 0.660. The largest absolute Gasteiger partial charge is 0.456 e. The quantitative estimate of drug-likeness (QED) is 0.174. The summed E-state index contributed by atoms with van der Waals surface area (Å²) in [6.07, 6.45) is 0. The van der Waals surface area contributed by atoms with Crippen LogP contribution in [0.25, 0.3) is 66.4 Å². The zero-order valence-corrected chi connectivity index (χ0v) is 29.8. The molecule has 0 aliphatic heterocycles. The molecular formula is C51H37NO. The van der Waals surface area contributed by atoms with Crippen molar-refractivity contribution in [1.29, 1.82) is 0 Å². The smallest absolute Gasteiger partial charge is 0.136 e. The second-order valence-electron chi connectivity index (χ2n) is 14.6. The van der Waals surface area contributed by atoms with Gasteiger partial charge in [0.05, 0.1) is 5.69 Å². The maximum absolute atomic E-state index is 6.24. The van der Waals surface area contributed by atoms with E-state index in [4.69, 9.17) is 4.42 Å². The molecule has 2 heteroatoms. The normalized spacial score (nSPS) is 12.9. The Hall–Kier alpha value is -6.64. The highest BCUT2D eigenvalue weighted by Gasteiger charge is 2.35. The number of para-hydroxylation sites is 2. The molecule has 0 saturated heterocycles. The van der Waals surface area contributed by atoms with E-state index >= 15 is 0 Å². The van der Waals surface area contributed by atoms with Crippen LogP contribution in [0.1, 0.15) is 25.0 Å². The highest BCUT2D eigenvalue weighted by atomic mass is 16.3. The van der Waals surface area contributed by atoms with Crippen molar-refractivity contribution in [1.82, 2.24) is 0 Å². The van der Waals surface area contributed by atoms with E-state index in [2.05, 4.69) is 195 Å². The number of rotatable bonds is 6. The summed E-state index contributed by atoms with van der Waals surface area (Å²) in [6, 6.07) is 67.9. The van der Waals surface area contributed by atoms with Gasteiger partial charge in [0, 0.05) is 33.1 Å². The molecule has 53 heavy (non-hydrogen) atoms.